The molecule has 3 atom stereocenters. The lowest BCUT2D eigenvalue weighted by atomic mass is 9.83. The van der Waals surface area contributed by atoms with E-state index in [2.05, 4.69) is 5.32 Å². The van der Waals surface area contributed by atoms with Gasteiger partial charge in [-0.15, -0.1) is 0 Å². The number of nitrogens with one attached hydrogen (secondary N) is 1. The van der Waals surface area contributed by atoms with E-state index in [9.17, 15) is 19.2 Å². The molecule has 0 bridgehead atoms. The molecule has 226 valence electrons. The van der Waals surface area contributed by atoms with Gasteiger partial charge in [-0.2, -0.15) is 0 Å². The molecule has 1 aromatic heterocycles. The van der Waals surface area contributed by atoms with Crippen LogP contribution in [0.2, 0.25) is 0 Å². The SMILES string of the molecule is COc1ccc(NC(=O)Cn2c3c(sc2=O)[C@H](c2ccc(OC)c(OC)c2)C2C(=O)N(c4ccc(C)cc4)C(=O)C2S3)cc1. The molecule has 1 N–H and O–H groups in total. The highest BCUT2D eigenvalue weighted by Crippen LogP contribution is 2.54. The van der Waals surface area contributed by atoms with E-state index in [1.165, 1.54) is 35.4 Å². The van der Waals surface area contributed by atoms with Crippen LogP contribution in [0.5, 0.6) is 17.2 Å². The van der Waals surface area contributed by atoms with Crippen LogP contribution in [-0.4, -0.2) is 48.9 Å². The molecular weight excluding hydrogens is 603 g/mol. The minimum absolute atomic E-state index is 0.260. The van der Waals surface area contributed by atoms with Gasteiger partial charge in [-0.3, -0.25) is 23.7 Å². The van der Waals surface area contributed by atoms with Gasteiger partial charge in [-0.1, -0.05) is 46.9 Å². The lowest BCUT2D eigenvalue weighted by molar-refractivity contribution is -0.122. The first kappa shape index (κ1) is 29.5. The van der Waals surface area contributed by atoms with Crippen molar-refractivity contribution in [2.24, 2.45) is 5.92 Å². The van der Waals surface area contributed by atoms with Gasteiger partial charge >= 0.3 is 4.87 Å². The zero-order valence-electron chi connectivity index (χ0n) is 24.4. The molecule has 2 unspecified atom stereocenters. The molecule has 10 nitrogen and oxygen atoms in total. The second kappa shape index (κ2) is 11.9. The number of imide groups is 1. The van der Waals surface area contributed by atoms with Crippen molar-refractivity contribution in [2.45, 2.75) is 29.7 Å². The Morgan fingerprint density at radius 1 is 0.864 bits per heavy atom. The molecule has 2 aliphatic heterocycles. The average Bonchev–Trinajstić information content (AvgIpc) is 3.47. The Morgan fingerprint density at radius 3 is 2.23 bits per heavy atom. The summed E-state index contributed by atoms with van der Waals surface area (Å²) in [5.41, 5.74) is 2.74. The van der Waals surface area contributed by atoms with E-state index in [1.807, 2.05) is 25.1 Å². The Balaban J connectivity index is 1.41. The van der Waals surface area contributed by atoms with E-state index in [0.717, 1.165) is 16.9 Å². The highest BCUT2D eigenvalue weighted by Gasteiger charge is 2.57. The summed E-state index contributed by atoms with van der Waals surface area (Å²) in [6.45, 7) is 1.67. The van der Waals surface area contributed by atoms with Crippen molar-refractivity contribution < 1.29 is 28.6 Å². The summed E-state index contributed by atoms with van der Waals surface area (Å²) in [7, 11) is 4.61. The largest absolute Gasteiger partial charge is 0.497 e. The number of thioether (sulfide) groups is 1. The zero-order valence-corrected chi connectivity index (χ0v) is 26.0. The summed E-state index contributed by atoms with van der Waals surface area (Å²) in [5.74, 6) is -0.907. The number of ether oxygens (including phenoxy) is 3. The van der Waals surface area contributed by atoms with Crippen molar-refractivity contribution in [3.63, 3.8) is 0 Å². The molecule has 44 heavy (non-hydrogen) atoms. The summed E-state index contributed by atoms with van der Waals surface area (Å²) in [5, 5.41) is 2.50. The summed E-state index contributed by atoms with van der Waals surface area (Å²) in [6.07, 6.45) is 0. The molecule has 6 rings (SSSR count). The van der Waals surface area contributed by atoms with Crippen molar-refractivity contribution >= 4 is 52.2 Å². The number of hydrogen-bond acceptors (Lipinski definition) is 9. The van der Waals surface area contributed by atoms with E-state index < -0.39 is 23.0 Å². The highest BCUT2D eigenvalue weighted by molar-refractivity contribution is 8.00. The minimum atomic E-state index is -0.806. The third kappa shape index (κ3) is 5.13. The van der Waals surface area contributed by atoms with Crippen LogP contribution in [0.15, 0.2) is 76.6 Å². The third-order valence-electron chi connectivity index (χ3n) is 7.78. The van der Waals surface area contributed by atoms with Gasteiger partial charge in [-0.25, -0.2) is 4.90 Å². The number of carbonyl (C=O) groups is 3. The molecular formula is C32H29N3O7S2. The Hall–Kier alpha value is -4.55. The molecule has 3 amide bonds. The molecule has 3 heterocycles. The topological polar surface area (TPSA) is 116 Å². The Kier molecular flexibility index (Phi) is 7.95. The number of carbonyl (C=O) groups excluding carboxylic acids is 3. The normalized spacial score (nSPS) is 18.9. The first-order valence-electron chi connectivity index (χ1n) is 13.7. The van der Waals surface area contributed by atoms with E-state index in [1.54, 1.807) is 55.6 Å². The Morgan fingerprint density at radius 2 is 1.57 bits per heavy atom. The van der Waals surface area contributed by atoms with Gasteiger partial charge in [0.15, 0.2) is 11.5 Å². The lowest BCUT2D eigenvalue weighted by Crippen LogP contribution is -2.33. The number of aryl methyl sites for hydroxylation is 1. The second-order valence-corrected chi connectivity index (χ2v) is 12.5. The summed E-state index contributed by atoms with van der Waals surface area (Å²) < 4.78 is 17.5. The van der Waals surface area contributed by atoms with Crippen LogP contribution in [-0.2, 0) is 20.9 Å². The predicted octanol–water partition coefficient (Wildman–Crippen LogP) is 4.68. The molecule has 0 aliphatic carbocycles. The number of amides is 3. The van der Waals surface area contributed by atoms with Gasteiger partial charge < -0.3 is 19.5 Å². The number of rotatable bonds is 8. The number of anilines is 2. The van der Waals surface area contributed by atoms with Gasteiger partial charge in [-0.05, 0) is 61.0 Å². The number of thiazole rings is 1. The van der Waals surface area contributed by atoms with Gasteiger partial charge in [0.05, 0.1) is 38.0 Å². The van der Waals surface area contributed by atoms with Crippen molar-refractivity contribution in [1.82, 2.24) is 4.57 Å². The molecule has 4 aromatic rings. The lowest BCUT2D eigenvalue weighted by Gasteiger charge is -2.31. The Bertz CT molecular complexity index is 1810. The van der Waals surface area contributed by atoms with Gasteiger partial charge in [0, 0.05) is 16.5 Å². The van der Waals surface area contributed by atoms with E-state index in [0.29, 0.717) is 44.1 Å². The van der Waals surface area contributed by atoms with Crippen LogP contribution < -0.4 is 29.3 Å². The number of fused-ring (bicyclic) bond motifs is 2. The first-order valence-corrected chi connectivity index (χ1v) is 15.4. The summed E-state index contributed by atoms with van der Waals surface area (Å²) >= 11 is 2.15. The quantitative estimate of drug-likeness (QED) is 0.279. The maximum Gasteiger partial charge on any atom is 0.308 e. The highest BCUT2D eigenvalue weighted by atomic mass is 32.2. The second-order valence-electron chi connectivity index (χ2n) is 10.4. The number of benzene rings is 3. The molecule has 1 saturated heterocycles. The van der Waals surface area contributed by atoms with E-state index >= 15 is 0 Å². The van der Waals surface area contributed by atoms with Gasteiger partial charge in [0.25, 0.3) is 0 Å². The van der Waals surface area contributed by atoms with E-state index in [4.69, 9.17) is 14.2 Å². The molecule has 0 saturated carbocycles. The van der Waals surface area contributed by atoms with Crippen LogP contribution in [0.25, 0.3) is 0 Å². The monoisotopic (exact) mass is 631 g/mol. The van der Waals surface area contributed by atoms with Crippen molar-refractivity contribution in [2.75, 3.05) is 31.5 Å². The maximum absolute atomic E-state index is 14.1. The van der Waals surface area contributed by atoms with Gasteiger partial charge in [0.1, 0.15) is 17.5 Å². The maximum atomic E-state index is 14.1. The van der Waals surface area contributed by atoms with Crippen molar-refractivity contribution in [3.05, 3.63) is 92.4 Å². The zero-order chi connectivity index (χ0) is 31.1. The van der Waals surface area contributed by atoms with Crippen LogP contribution in [0, 0.1) is 12.8 Å². The van der Waals surface area contributed by atoms with Crippen LogP contribution in [0.4, 0.5) is 11.4 Å². The minimum Gasteiger partial charge on any atom is -0.497 e. The summed E-state index contributed by atoms with van der Waals surface area (Å²) in [6, 6.07) is 19.4. The third-order valence-corrected chi connectivity index (χ3v) is 10.4. The standard InChI is InChI=1S/C32H29N3O7S2/c1-17-5-10-20(11-6-17)35-29(37)26-25(18-7-14-22(41-3)23(15-18)42-4)28-31(43-27(26)30(35)38)34(32(39)44-28)16-24(36)33-19-8-12-21(40-2)13-9-19/h5-15,25-27H,16H2,1-4H3,(H,33,36)/t25-,26?,27?/m1/s1. The predicted molar refractivity (Wildman–Crippen MR) is 168 cm³/mol. The fourth-order valence-corrected chi connectivity index (χ4v) is 8.40. The van der Waals surface area contributed by atoms with Gasteiger partial charge in [0.2, 0.25) is 17.7 Å². The fourth-order valence-electron chi connectivity index (χ4n) is 5.63. The fraction of sp³-hybridized carbons (Fsp3) is 0.250. The van der Waals surface area contributed by atoms with Crippen LogP contribution >= 0.6 is 23.1 Å². The summed E-state index contributed by atoms with van der Waals surface area (Å²) in [4.78, 5) is 56.1. The molecule has 3 aromatic carbocycles. The number of hydrogen-bond donors (Lipinski definition) is 1. The molecule has 1 fully saturated rings. The van der Waals surface area contributed by atoms with Crippen molar-refractivity contribution in [3.8, 4) is 17.2 Å². The number of methoxy groups -OCH3 is 3. The average molecular weight is 632 g/mol. The van der Waals surface area contributed by atoms with Crippen LogP contribution in [0.1, 0.15) is 21.9 Å². The van der Waals surface area contributed by atoms with E-state index in [-0.39, 0.29) is 23.2 Å². The first-order chi connectivity index (χ1) is 21.2. The molecule has 12 heteroatoms. The smallest absolute Gasteiger partial charge is 0.308 e. The molecule has 0 radical (unpaired) electrons. The molecule has 0 spiro atoms. The number of aromatic nitrogens is 1. The molecule has 2 aliphatic rings. The Labute approximate surface area is 261 Å². The number of nitrogens with zero attached hydrogens (tertiary/aromatic N) is 2. The van der Waals surface area contributed by atoms with Crippen LogP contribution in [0.3, 0.4) is 0 Å². The van der Waals surface area contributed by atoms with Crippen molar-refractivity contribution in [1.29, 1.82) is 0 Å².